The van der Waals surface area contributed by atoms with E-state index in [4.69, 9.17) is 22.2 Å². The quantitative estimate of drug-likeness (QED) is 0.511. The molecule has 0 radical (unpaired) electrons. The Morgan fingerprint density at radius 3 is 3.11 bits per heavy atom. The Morgan fingerprint density at radius 2 is 2.39 bits per heavy atom. The van der Waals surface area contributed by atoms with Crippen molar-refractivity contribution in [2.24, 2.45) is 5.84 Å². The molecule has 0 aliphatic heterocycles. The Kier molecular flexibility index (Phi) is 4.14. The minimum atomic E-state index is -0.326. The smallest absolute Gasteiger partial charge is 0.275 e. The van der Waals surface area contributed by atoms with Gasteiger partial charge in [-0.15, -0.1) is 11.3 Å². The summed E-state index contributed by atoms with van der Waals surface area (Å²) < 4.78 is 5.51. The molecule has 94 valence electrons. The number of thiophene rings is 1. The third-order valence-corrected chi connectivity index (χ3v) is 3.32. The van der Waals surface area contributed by atoms with Crippen LogP contribution < -0.4 is 16.0 Å². The van der Waals surface area contributed by atoms with Crippen LogP contribution in [0.1, 0.15) is 15.2 Å². The third-order valence-electron chi connectivity index (χ3n) is 2.16. The summed E-state index contributed by atoms with van der Waals surface area (Å²) in [6.07, 6.45) is 3.08. The van der Waals surface area contributed by atoms with Crippen LogP contribution in [0.2, 0.25) is 5.02 Å². The predicted molar refractivity (Wildman–Crippen MR) is 69.6 cm³/mol. The van der Waals surface area contributed by atoms with Gasteiger partial charge in [0.05, 0.1) is 16.1 Å². The minimum Gasteiger partial charge on any atom is -0.487 e. The molecular formula is C11H10ClN3O2S. The number of hydrazine groups is 1. The highest BCUT2D eigenvalue weighted by Gasteiger charge is 2.12. The average Bonchev–Trinajstić information content (AvgIpc) is 2.84. The molecule has 2 aromatic rings. The van der Waals surface area contributed by atoms with Crippen molar-refractivity contribution in [3.05, 3.63) is 45.4 Å². The summed E-state index contributed by atoms with van der Waals surface area (Å²) in [5, 5.41) is 2.30. The molecular weight excluding hydrogens is 274 g/mol. The second-order valence-corrected chi connectivity index (χ2v) is 4.73. The zero-order valence-corrected chi connectivity index (χ0v) is 10.8. The van der Waals surface area contributed by atoms with E-state index in [0.29, 0.717) is 15.6 Å². The van der Waals surface area contributed by atoms with E-state index in [9.17, 15) is 4.79 Å². The van der Waals surface area contributed by atoms with Gasteiger partial charge in [0.2, 0.25) is 0 Å². The maximum Gasteiger partial charge on any atom is 0.275 e. The van der Waals surface area contributed by atoms with Crippen LogP contribution in [0.3, 0.4) is 0 Å². The second-order valence-electron chi connectivity index (χ2n) is 3.38. The van der Waals surface area contributed by atoms with Crippen LogP contribution in [0.5, 0.6) is 5.75 Å². The van der Waals surface area contributed by atoms with Gasteiger partial charge in [-0.05, 0) is 11.4 Å². The van der Waals surface area contributed by atoms with Crippen LogP contribution in [0.4, 0.5) is 0 Å². The lowest BCUT2D eigenvalue weighted by atomic mass is 10.2. The Morgan fingerprint density at radius 1 is 1.56 bits per heavy atom. The molecule has 0 saturated carbocycles. The van der Waals surface area contributed by atoms with Gasteiger partial charge < -0.3 is 4.74 Å². The molecule has 3 N–H and O–H groups in total. The molecule has 2 heterocycles. The van der Waals surface area contributed by atoms with Crippen LogP contribution in [0.15, 0.2) is 29.9 Å². The lowest BCUT2D eigenvalue weighted by molar-refractivity contribution is 0.0955. The summed E-state index contributed by atoms with van der Waals surface area (Å²) in [6.45, 7) is 0.258. The van der Waals surface area contributed by atoms with Gasteiger partial charge in [0.25, 0.3) is 5.91 Å². The van der Waals surface area contributed by atoms with Crippen LogP contribution >= 0.6 is 22.9 Å². The molecule has 0 bridgehead atoms. The van der Waals surface area contributed by atoms with Crippen LogP contribution in [0.25, 0.3) is 0 Å². The number of ether oxygens (including phenoxy) is 1. The number of nitrogen functional groups attached to an aromatic ring is 1. The number of carbonyl (C=O) groups is 1. The molecule has 0 aliphatic rings. The lowest BCUT2D eigenvalue weighted by Gasteiger charge is -2.06. The van der Waals surface area contributed by atoms with Gasteiger partial charge in [-0.2, -0.15) is 0 Å². The fourth-order valence-corrected chi connectivity index (χ4v) is 2.32. The molecule has 2 rings (SSSR count). The minimum absolute atomic E-state index is 0.258. The summed E-state index contributed by atoms with van der Waals surface area (Å²) >= 11 is 7.10. The standard InChI is InChI=1S/C11H10ClN3O2S/c12-8-3-9(5-14-4-8)17-6-7-1-2-18-10(7)11(16)15-13/h1-5H,6,13H2,(H,15,16). The first-order valence-electron chi connectivity index (χ1n) is 5.01. The SMILES string of the molecule is NNC(=O)c1sccc1COc1cncc(Cl)c1. The number of hydrogen-bond donors (Lipinski definition) is 2. The number of rotatable bonds is 4. The van der Waals surface area contributed by atoms with Crippen molar-refractivity contribution >= 4 is 28.8 Å². The van der Waals surface area contributed by atoms with E-state index in [1.165, 1.54) is 17.5 Å². The van der Waals surface area contributed by atoms with E-state index in [2.05, 4.69) is 10.4 Å². The van der Waals surface area contributed by atoms with Gasteiger partial charge in [-0.1, -0.05) is 11.6 Å². The molecule has 0 aromatic carbocycles. The molecule has 2 aromatic heterocycles. The number of carbonyl (C=O) groups excluding carboxylic acids is 1. The highest BCUT2D eigenvalue weighted by Crippen LogP contribution is 2.20. The monoisotopic (exact) mass is 283 g/mol. The first kappa shape index (κ1) is 12.8. The molecule has 5 nitrogen and oxygen atoms in total. The van der Waals surface area contributed by atoms with Gasteiger partial charge in [-0.3, -0.25) is 15.2 Å². The number of amides is 1. The van der Waals surface area contributed by atoms with Gasteiger partial charge in [0, 0.05) is 17.8 Å². The molecule has 0 atom stereocenters. The number of nitrogens with one attached hydrogen (secondary N) is 1. The molecule has 1 amide bonds. The Labute approximate surface area is 113 Å². The Hall–Kier alpha value is -1.63. The zero-order valence-electron chi connectivity index (χ0n) is 9.22. The fraction of sp³-hybridized carbons (Fsp3) is 0.0909. The van der Waals surface area contributed by atoms with Crippen molar-refractivity contribution in [1.82, 2.24) is 10.4 Å². The van der Waals surface area contributed by atoms with Crippen molar-refractivity contribution in [1.29, 1.82) is 0 Å². The van der Waals surface area contributed by atoms with E-state index < -0.39 is 0 Å². The van der Waals surface area contributed by atoms with Gasteiger partial charge in [0.15, 0.2) is 0 Å². The largest absolute Gasteiger partial charge is 0.487 e. The fourth-order valence-electron chi connectivity index (χ4n) is 1.35. The summed E-state index contributed by atoms with van der Waals surface area (Å²) in [7, 11) is 0. The molecule has 0 saturated heterocycles. The summed E-state index contributed by atoms with van der Waals surface area (Å²) in [5.74, 6) is 5.32. The van der Waals surface area contributed by atoms with E-state index in [0.717, 1.165) is 5.56 Å². The first-order valence-corrected chi connectivity index (χ1v) is 6.27. The highest BCUT2D eigenvalue weighted by atomic mass is 35.5. The predicted octanol–water partition coefficient (Wildman–Crippen LogP) is 1.98. The maximum absolute atomic E-state index is 11.4. The molecule has 7 heteroatoms. The van der Waals surface area contributed by atoms with Crippen LogP contribution in [-0.2, 0) is 6.61 Å². The van der Waals surface area contributed by atoms with Gasteiger partial charge >= 0.3 is 0 Å². The van der Waals surface area contributed by atoms with Crippen LogP contribution in [-0.4, -0.2) is 10.9 Å². The number of pyridine rings is 1. The number of halogens is 1. The average molecular weight is 284 g/mol. The Balaban J connectivity index is 2.07. The number of aromatic nitrogens is 1. The topological polar surface area (TPSA) is 77.2 Å². The van der Waals surface area contributed by atoms with E-state index >= 15 is 0 Å². The van der Waals surface area contributed by atoms with Gasteiger partial charge in [-0.25, -0.2) is 5.84 Å². The summed E-state index contributed by atoms with van der Waals surface area (Å²) in [5.41, 5.74) is 2.86. The molecule has 0 fully saturated rings. The van der Waals surface area contributed by atoms with E-state index in [1.54, 1.807) is 17.6 Å². The van der Waals surface area contributed by atoms with E-state index in [-0.39, 0.29) is 12.5 Å². The van der Waals surface area contributed by atoms with Crippen molar-refractivity contribution < 1.29 is 9.53 Å². The number of nitrogens with zero attached hydrogens (tertiary/aromatic N) is 1. The molecule has 0 unspecified atom stereocenters. The van der Waals surface area contributed by atoms with E-state index in [1.807, 2.05) is 6.07 Å². The third kappa shape index (κ3) is 2.98. The number of nitrogens with two attached hydrogens (primary N) is 1. The van der Waals surface area contributed by atoms with Crippen molar-refractivity contribution in [2.45, 2.75) is 6.61 Å². The number of hydrogen-bond acceptors (Lipinski definition) is 5. The normalized spacial score (nSPS) is 10.1. The molecule has 0 aliphatic carbocycles. The van der Waals surface area contributed by atoms with Crippen molar-refractivity contribution in [2.75, 3.05) is 0 Å². The first-order chi connectivity index (χ1) is 8.70. The van der Waals surface area contributed by atoms with Crippen molar-refractivity contribution in [3.8, 4) is 5.75 Å². The molecule has 0 spiro atoms. The summed E-state index contributed by atoms with van der Waals surface area (Å²) in [6, 6.07) is 3.47. The Bertz CT molecular complexity index is 559. The summed E-state index contributed by atoms with van der Waals surface area (Å²) in [4.78, 5) is 15.9. The van der Waals surface area contributed by atoms with Crippen molar-refractivity contribution in [3.63, 3.8) is 0 Å². The zero-order chi connectivity index (χ0) is 13.0. The maximum atomic E-state index is 11.4. The van der Waals surface area contributed by atoms with Gasteiger partial charge in [0.1, 0.15) is 12.4 Å². The second kappa shape index (κ2) is 5.81. The molecule has 18 heavy (non-hydrogen) atoms. The van der Waals surface area contributed by atoms with Crippen LogP contribution in [0, 0.1) is 0 Å². The highest BCUT2D eigenvalue weighted by molar-refractivity contribution is 7.12. The lowest BCUT2D eigenvalue weighted by Crippen LogP contribution is -2.30.